The van der Waals surface area contributed by atoms with E-state index in [-0.39, 0.29) is 11.8 Å². The molecule has 0 aliphatic carbocycles. The lowest BCUT2D eigenvalue weighted by Gasteiger charge is -2.14. The Morgan fingerprint density at radius 3 is 2.11 bits per heavy atom. The minimum absolute atomic E-state index is 0.191. The van der Waals surface area contributed by atoms with E-state index in [9.17, 15) is 9.59 Å². The van der Waals surface area contributed by atoms with Crippen molar-refractivity contribution < 1.29 is 14.3 Å². The van der Waals surface area contributed by atoms with Crippen molar-refractivity contribution in [1.82, 2.24) is 5.32 Å². The lowest BCUT2D eigenvalue weighted by atomic mass is 10.0. The van der Waals surface area contributed by atoms with Crippen molar-refractivity contribution >= 4 is 17.5 Å². The van der Waals surface area contributed by atoms with Crippen LogP contribution in [-0.2, 0) is 17.6 Å². The van der Waals surface area contributed by atoms with Crippen LogP contribution in [0.15, 0.2) is 42.5 Å². The number of rotatable bonds is 9. The summed E-state index contributed by atoms with van der Waals surface area (Å²) >= 11 is 0. The molecule has 0 saturated heterocycles. The highest BCUT2D eigenvalue weighted by molar-refractivity contribution is 6.06. The van der Waals surface area contributed by atoms with E-state index in [0.717, 1.165) is 36.1 Å². The van der Waals surface area contributed by atoms with E-state index in [1.165, 1.54) is 0 Å². The van der Waals surface area contributed by atoms with Crippen molar-refractivity contribution in [3.8, 4) is 0 Å². The topological polar surface area (TPSA) is 67.4 Å². The number of benzene rings is 2. The van der Waals surface area contributed by atoms with Crippen LogP contribution in [0.2, 0.25) is 0 Å². The molecule has 144 valence electrons. The minimum Gasteiger partial charge on any atom is -0.385 e. The van der Waals surface area contributed by atoms with E-state index < -0.39 is 0 Å². The normalized spacial score (nSPS) is 10.5. The van der Waals surface area contributed by atoms with Crippen LogP contribution in [0, 0.1) is 0 Å². The third-order valence-corrected chi connectivity index (χ3v) is 4.44. The fraction of sp³-hybridized carbons (Fsp3) is 0.364. The molecule has 0 fully saturated rings. The smallest absolute Gasteiger partial charge is 0.255 e. The largest absolute Gasteiger partial charge is 0.385 e. The van der Waals surface area contributed by atoms with Gasteiger partial charge < -0.3 is 15.4 Å². The van der Waals surface area contributed by atoms with Gasteiger partial charge in [0.25, 0.3) is 11.8 Å². The van der Waals surface area contributed by atoms with Gasteiger partial charge in [0, 0.05) is 37.1 Å². The van der Waals surface area contributed by atoms with Gasteiger partial charge in [-0.15, -0.1) is 0 Å². The summed E-state index contributed by atoms with van der Waals surface area (Å²) in [6, 6.07) is 12.9. The molecular formula is C22H28N2O3. The van der Waals surface area contributed by atoms with E-state index in [1.807, 2.05) is 18.2 Å². The molecule has 27 heavy (non-hydrogen) atoms. The predicted molar refractivity (Wildman–Crippen MR) is 108 cm³/mol. The molecule has 2 aromatic carbocycles. The average molecular weight is 368 g/mol. The lowest BCUT2D eigenvalue weighted by Crippen LogP contribution is -2.25. The molecule has 2 amide bonds. The highest BCUT2D eigenvalue weighted by Gasteiger charge is 2.14. The molecule has 0 aliphatic rings. The van der Waals surface area contributed by atoms with Crippen LogP contribution in [0.1, 0.15) is 52.1 Å². The number of hydrogen-bond donors (Lipinski definition) is 2. The van der Waals surface area contributed by atoms with Crippen LogP contribution in [0.5, 0.6) is 0 Å². The second-order valence-corrected chi connectivity index (χ2v) is 6.30. The standard InChI is InChI=1S/C22H28N2O3/c1-4-16-9-6-10-17(5-2)20(16)24-22(26)19-12-7-11-18(15-19)21(25)23-13-8-14-27-3/h6-7,9-12,15H,4-5,8,13-14H2,1-3H3,(H,23,25)(H,24,26). The maximum Gasteiger partial charge on any atom is 0.255 e. The van der Waals surface area contributed by atoms with Crippen LogP contribution >= 0.6 is 0 Å². The van der Waals surface area contributed by atoms with Gasteiger partial charge in [-0.3, -0.25) is 9.59 Å². The van der Waals surface area contributed by atoms with Crippen LogP contribution in [0.3, 0.4) is 0 Å². The summed E-state index contributed by atoms with van der Waals surface area (Å²) in [5.41, 5.74) is 4.03. The van der Waals surface area contributed by atoms with Gasteiger partial charge in [0.2, 0.25) is 0 Å². The average Bonchev–Trinajstić information content (AvgIpc) is 2.71. The molecule has 0 radical (unpaired) electrons. The molecule has 2 N–H and O–H groups in total. The van der Waals surface area contributed by atoms with Crippen LogP contribution in [-0.4, -0.2) is 32.1 Å². The Hall–Kier alpha value is -2.66. The first kappa shape index (κ1) is 20.6. The fourth-order valence-electron chi connectivity index (χ4n) is 2.91. The molecule has 0 aliphatic heterocycles. The van der Waals surface area contributed by atoms with Gasteiger partial charge in [0.05, 0.1) is 0 Å². The minimum atomic E-state index is -0.209. The SMILES string of the molecule is CCc1cccc(CC)c1NC(=O)c1cccc(C(=O)NCCCOC)c1. The third-order valence-electron chi connectivity index (χ3n) is 4.44. The molecule has 0 saturated carbocycles. The summed E-state index contributed by atoms with van der Waals surface area (Å²) in [6.45, 7) is 5.27. The Labute approximate surface area is 161 Å². The molecule has 0 aromatic heterocycles. The molecule has 0 atom stereocenters. The van der Waals surface area contributed by atoms with Gasteiger partial charge in [-0.25, -0.2) is 0 Å². The molecule has 0 heterocycles. The van der Waals surface area contributed by atoms with E-state index >= 15 is 0 Å². The Kier molecular flexibility index (Phi) is 8.01. The number of aryl methyl sites for hydroxylation is 2. The highest BCUT2D eigenvalue weighted by atomic mass is 16.5. The van der Waals surface area contributed by atoms with Crippen molar-refractivity contribution in [1.29, 1.82) is 0 Å². The highest BCUT2D eigenvalue weighted by Crippen LogP contribution is 2.23. The van der Waals surface area contributed by atoms with E-state index in [2.05, 4.69) is 24.5 Å². The van der Waals surface area contributed by atoms with Crippen molar-refractivity contribution in [2.24, 2.45) is 0 Å². The molecular weight excluding hydrogens is 340 g/mol. The molecule has 2 aromatic rings. The van der Waals surface area contributed by atoms with E-state index in [4.69, 9.17) is 4.74 Å². The first-order valence-electron chi connectivity index (χ1n) is 9.40. The van der Waals surface area contributed by atoms with Crippen LogP contribution < -0.4 is 10.6 Å². The lowest BCUT2D eigenvalue weighted by molar-refractivity contribution is 0.0948. The van der Waals surface area contributed by atoms with E-state index in [0.29, 0.717) is 24.3 Å². The van der Waals surface area contributed by atoms with Gasteiger partial charge in [0.1, 0.15) is 0 Å². The van der Waals surface area contributed by atoms with Crippen LogP contribution in [0.4, 0.5) is 5.69 Å². The molecule has 0 unspecified atom stereocenters. The number of nitrogens with one attached hydrogen (secondary N) is 2. The quantitative estimate of drug-likeness (QED) is 0.661. The number of hydrogen-bond acceptors (Lipinski definition) is 3. The van der Waals surface area contributed by atoms with Crippen molar-refractivity contribution in [2.75, 3.05) is 25.6 Å². The summed E-state index contributed by atoms with van der Waals surface area (Å²) in [7, 11) is 1.63. The van der Waals surface area contributed by atoms with Crippen molar-refractivity contribution in [2.45, 2.75) is 33.1 Å². The second kappa shape index (κ2) is 10.5. The third kappa shape index (κ3) is 5.66. The summed E-state index contributed by atoms with van der Waals surface area (Å²) in [4.78, 5) is 25.0. The first-order valence-corrected chi connectivity index (χ1v) is 9.40. The Morgan fingerprint density at radius 1 is 0.926 bits per heavy atom. The second-order valence-electron chi connectivity index (χ2n) is 6.30. The Balaban J connectivity index is 2.13. The maximum absolute atomic E-state index is 12.8. The van der Waals surface area contributed by atoms with Gasteiger partial charge in [-0.1, -0.05) is 38.1 Å². The maximum atomic E-state index is 12.8. The van der Waals surface area contributed by atoms with Crippen molar-refractivity contribution in [3.05, 3.63) is 64.7 Å². The van der Waals surface area contributed by atoms with Gasteiger partial charge in [-0.2, -0.15) is 0 Å². The predicted octanol–water partition coefficient (Wildman–Crippen LogP) is 3.83. The number of carbonyl (C=O) groups is 2. The zero-order valence-electron chi connectivity index (χ0n) is 16.3. The first-order chi connectivity index (χ1) is 13.1. The van der Waals surface area contributed by atoms with Crippen LogP contribution in [0.25, 0.3) is 0 Å². The number of para-hydroxylation sites is 1. The van der Waals surface area contributed by atoms with Gasteiger partial charge in [0.15, 0.2) is 0 Å². The monoisotopic (exact) mass is 368 g/mol. The summed E-state index contributed by atoms with van der Waals surface area (Å²) < 4.78 is 4.97. The van der Waals surface area contributed by atoms with Crippen molar-refractivity contribution in [3.63, 3.8) is 0 Å². The number of anilines is 1. The molecule has 2 rings (SSSR count). The van der Waals surface area contributed by atoms with Gasteiger partial charge >= 0.3 is 0 Å². The molecule has 5 heteroatoms. The zero-order valence-corrected chi connectivity index (χ0v) is 16.3. The molecule has 0 bridgehead atoms. The summed E-state index contributed by atoms with van der Waals surface area (Å²) in [6.07, 6.45) is 2.43. The zero-order chi connectivity index (χ0) is 19.6. The number of ether oxygens (including phenoxy) is 1. The molecule has 5 nitrogen and oxygen atoms in total. The van der Waals surface area contributed by atoms with Gasteiger partial charge in [-0.05, 0) is 48.6 Å². The Morgan fingerprint density at radius 2 is 1.52 bits per heavy atom. The summed E-state index contributed by atoms with van der Waals surface area (Å²) in [5, 5.41) is 5.87. The van der Waals surface area contributed by atoms with E-state index in [1.54, 1.807) is 31.4 Å². The summed E-state index contributed by atoms with van der Waals surface area (Å²) in [5.74, 6) is -0.399. The number of carbonyl (C=O) groups excluding carboxylic acids is 2. The Bertz CT molecular complexity index is 765. The fourth-order valence-corrected chi connectivity index (χ4v) is 2.91. The molecule has 0 spiro atoms. The number of amides is 2. The number of methoxy groups -OCH3 is 1.